The molecule has 0 aromatic heterocycles. The van der Waals surface area contributed by atoms with Crippen molar-refractivity contribution < 1.29 is 18.3 Å². The van der Waals surface area contributed by atoms with Crippen LogP contribution >= 0.6 is 0 Å². The summed E-state index contributed by atoms with van der Waals surface area (Å²) in [6.07, 6.45) is 0. The van der Waals surface area contributed by atoms with E-state index in [9.17, 15) is 13.6 Å². The Morgan fingerprint density at radius 1 is 1.18 bits per heavy atom. The maximum Gasteiger partial charge on any atom is 0.387 e. The zero-order valence-electron chi connectivity index (χ0n) is 12.0. The van der Waals surface area contributed by atoms with E-state index in [2.05, 4.69) is 15.4 Å². The summed E-state index contributed by atoms with van der Waals surface area (Å²) in [6, 6.07) is 13.6. The highest BCUT2D eigenvalue weighted by Crippen LogP contribution is 2.25. The Hall–Kier alpha value is -2.63. The molecule has 0 spiro atoms. The van der Waals surface area contributed by atoms with Gasteiger partial charge >= 0.3 is 6.61 Å². The third-order valence-corrected chi connectivity index (χ3v) is 2.85. The lowest BCUT2D eigenvalue weighted by atomic mass is 10.2. The van der Waals surface area contributed by atoms with E-state index in [-0.39, 0.29) is 23.9 Å². The van der Waals surface area contributed by atoms with Crippen LogP contribution in [0, 0.1) is 6.92 Å². The summed E-state index contributed by atoms with van der Waals surface area (Å²) in [4.78, 5) is 11.9. The van der Waals surface area contributed by atoms with Crippen LogP contribution in [-0.4, -0.2) is 19.1 Å². The maximum absolute atomic E-state index is 12.3. The number of ether oxygens (including phenoxy) is 1. The van der Waals surface area contributed by atoms with Gasteiger partial charge in [0.2, 0.25) is 5.91 Å². The Balaban J connectivity index is 1.95. The lowest BCUT2D eigenvalue weighted by Crippen LogP contribution is -2.22. The third kappa shape index (κ3) is 4.73. The van der Waals surface area contributed by atoms with Crippen molar-refractivity contribution in [2.75, 3.05) is 17.2 Å². The van der Waals surface area contributed by atoms with Gasteiger partial charge in [-0.15, -0.1) is 0 Å². The van der Waals surface area contributed by atoms with Crippen LogP contribution in [0.2, 0.25) is 0 Å². The molecule has 4 nitrogen and oxygen atoms in total. The van der Waals surface area contributed by atoms with Crippen molar-refractivity contribution in [2.24, 2.45) is 0 Å². The number of para-hydroxylation sites is 2. The molecule has 2 aromatic carbocycles. The second-order valence-electron chi connectivity index (χ2n) is 4.65. The normalized spacial score (nSPS) is 10.4. The van der Waals surface area contributed by atoms with Gasteiger partial charge in [0.25, 0.3) is 0 Å². The summed E-state index contributed by atoms with van der Waals surface area (Å²) in [5.74, 6) is -0.423. The van der Waals surface area contributed by atoms with Gasteiger partial charge in [-0.1, -0.05) is 24.3 Å². The van der Waals surface area contributed by atoms with Gasteiger partial charge in [-0.05, 0) is 36.8 Å². The van der Waals surface area contributed by atoms with Crippen molar-refractivity contribution >= 4 is 17.3 Å². The number of hydrogen-bond acceptors (Lipinski definition) is 3. The highest BCUT2D eigenvalue weighted by atomic mass is 19.3. The van der Waals surface area contributed by atoms with Crippen LogP contribution in [0.5, 0.6) is 5.75 Å². The summed E-state index contributed by atoms with van der Waals surface area (Å²) in [7, 11) is 0. The molecule has 2 rings (SSSR count). The largest absolute Gasteiger partial charge is 0.433 e. The molecule has 2 N–H and O–H groups in total. The van der Waals surface area contributed by atoms with Crippen molar-refractivity contribution in [3.63, 3.8) is 0 Å². The number of aryl methyl sites for hydroxylation is 1. The van der Waals surface area contributed by atoms with Gasteiger partial charge in [-0.25, -0.2) is 0 Å². The van der Waals surface area contributed by atoms with E-state index in [0.29, 0.717) is 0 Å². The second kappa shape index (κ2) is 7.40. The van der Waals surface area contributed by atoms with Crippen LogP contribution in [0.15, 0.2) is 48.5 Å². The van der Waals surface area contributed by atoms with Crippen LogP contribution in [-0.2, 0) is 4.79 Å². The average Bonchev–Trinajstić information content (AvgIpc) is 2.47. The summed E-state index contributed by atoms with van der Waals surface area (Å²) in [5.41, 5.74) is 2.09. The molecule has 0 atom stereocenters. The van der Waals surface area contributed by atoms with Crippen molar-refractivity contribution in [3.05, 3.63) is 54.1 Å². The summed E-state index contributed by atoms with van der Waals surface area (Å²) < 4.78 is 29.0. The van der Waals surface area contributed by atoms with Crippen LogP contribution in [0.4, 0.5) is 20.2 Å². The molecule has 0 radical (unpaired) electrons. The van der Waals surface area contributed by atoms with E-state index >= 15 is 0 Å². The van der Waals surface area contributed by atoms with E-state index in [1.165, 1.54) is 12.1 Å². The van der Waals surface area contributed by atoms with Gasteiger partial charge in [0, 0.05) is 5.69 Å². The quantitative estimate of drug-likeness (QED) is 0.856. The number of hydrogen-bond donors (Lipinski definition) is 2. The van der Waals surface area contributed by atoms with Gasteiger partial charge in [0.05, 0.1) is 12.2 Å². The van der Waals surface area contributed by atoms with Crippen LogP contribution < -0.4 is 15.4 Å². The summed E-state index contributed by atoms with van der Waals surface area (Å²) in [6.45, 7) is -0.973. The Bertz CT molecular complexity index is 648. The number of rotatable bonds is 6. The lowest BCUT2D eigenvalue weighted by Gasteiger charge is -2.12. The molecule has 1 amide bonds. The highest BCUT2D eigenvalue weighted by molar-refractivity contribution is 5.95. The predicted octanol–water partition coefficient (Wildman–Crippen LogP) is 3.65. The zero-order valence-corrected chi connectivity index (χ0v) is 12.0. The minimum atomic E-state index is -2.94. The molecule has 0 fully saturated rings. The number of benzene rings is 2. The fourth-order valence-electron chi connectivity index (χ4n) is 1.90. The molecule has 0 bridgehead atoms. The van der Waals surface area contributed by atoms with Crippen molar-refractivity contribution in [1.82, 2.24) is 0 Å². The highest BCUT2D eigenvalue weighted by Gasteiger charge is 2.11. The number of carbonyl (C=O) groups excluding carboxylic acids is 1. The van der Waals surface area contributed by atoms with E-state index in [1.807, 2.05) is 31.2 Å². The molecule has 0 unspecified atom stereocenters. The van der Waals surface area contributed by atoms with Crippen molar-refractivity contribution in [1.29, 1.82) is 0 Å². The Kier molecular flexibility index (Phi) is 5.30. The Morgan fingerprint density at radius 3 is 2.68 bits per heavy atom. The van der Waals surface area contributed by atoms with E-state index < -0.39 is 6.61 Å². The van der Waals surface area contributed by atoms with Crippen molar-refractivity contribution in [2.45, 2.75) is 13.5 Å². The summed E-state index contributed by atoms with van der Waals surface area (Å²) in [5, 5.41) is 5.51. The fraction of sp³-hybridized carbons (Fsp3) is 0.188. The van der Waals surface area contributed by atoms with Crippen LogP contribution in [0.25, 0.3) is 0 Å². The topological polar surface area (TPSA) is 50.4 Å². The van der Waals surface area contributed by atoms with Gasteiger partial charge in [-0.3, -0.25) is 4.79 Å². The van der Waals surface area contributed by atoms with Crippen LogP contribution in [0.3, 0.4) is 0 Å². The number of carbonyl (C=O) groups is 1. The molecule has 116 valence electrons. The predicted molar refractivity (Wildman–Crippen MR) is 81.4 cm³/mol. The van der Waals surface area contributed by atoms with Crippen molar-refractivity contribution in [3.8, 4) is 5.75 Å². The molecular formula is C16H16F2N2O2. The monoisotopic (exact) mass is 306 g/mol. The number of nitrogens with one attached hydrogen (secondary N) is 2. The Morgan fingerprint density at radius 2 is 1.95 bits per heavy atom. The number of halogens is 2. The van der Waals surface area contributed by atoms with E-state index in [0.717, 1.165) is 11.3 Å². The number of alkyl halides is 2. The number of amides is 1. The molecule has 0 saturated carbocycles. The molecule has 0 aliphatic rings. The van der Waals surface area contributed by atoms with Gasteiger partial charge in [0.1, 0.15) is 5.75 Å². The average molecular weight is 306 g/mol. The SMILES string of the molecule is Cc1cccc(NCC(=O)Nc2ccccc2OC(F)F)c1. The second-order valence-corrected chi connectivity index (χ2v) is 4.65. The molecule has 22 heavy (non-hydrogen) atoms. The first-order chi connectivity index (χ1) is 10.5. The molecular weight excluding hydrogens is 290 g/mol. The first-order valence-electron chi connectivity index (χ1n) is 6.69. The minimum Gasteiger partial charge on any atom is -0.433 e. The molecule has 6 heteroatoms. The van der Waals surface area contributed by atoms with Gasteiger partial charge in [0.15, 0.2) is 0 Å². The minimum absolute atomic E-state index is 0.0203. The van der Waals surface area contributed by atoms with Gasteiger partial charge < -0.3 is 15.4 Å². The third-order valence-electron chi connectivity index (χ3n) is 2.85. The standard InChI is InChI=1S/C16H16F2N2O2/c1-11-5-4-6-12(9-11)19-10-15(21)20-13-7-2-3-8-14(13)22-16(17)18/h2-9,16,19H,10H2,1H3,(H,20,21). The van der Waals surface area contributed by atoms with E-state index in [1.54, 1.807) is 12.1 Å². The zero-order chi connectivity index (χ0) is 15.9. The lowest BCUT2D eigenvalue weighted by molar-refractivity contribution is -0.114. The molecule has 0 aliphatic heterocycles. The fourth-order valence-corrected chi connectivity index (χ4v) is 1.90. The Labute approximate surface area is 127 Å². The maximum atomic E-state index is 12.3. The van der Waals surface area contributed by atoms with Gasteiger partial charge in [-0.2, -0.15) is 8.78 Å². The molecule has 0 aliphatic carbocycles. The summed E-state index contributed by atoms with van der Waals surface area (Å²) >= 11 is 0. The molecule has 0 heterocycles. The number of anilines is 2. The molecule has 2 aromatic rings. The first-order valence-corrected chi connectivity index (χ1v) is 6.69. The van der Waals surface area contributed by atoms with Crippen LogP contribution in [0.1, 0.15) is 5.56 Å². The molecule has 0 saturated heterocycles. The van der Waals surface area contributed by atoms with E-state index in [4.69, 9.17) is 0 Å². The smallest absolute Gasteiger partial charge is 0.387 e. The first kappa shape index (κ1) is 15.8.